The van der Waals surface area contributed by atoms with Crippen molar-refractivity contribution in [1.82, 2.24) is 9.97 Å². The number of Topliss-reactive ketones (excluding diaryl/α,β-unsaturated/α-hetero) is 1. The number of anilines is 2. The van der Waals surface area contributed by atoms with E-state index in [2.05, 4.69) is 9.97 Å². The zero-order valence-electron chi connectivity index (χ0n) is 13.2. The van der Waals surface area contributed by atoms with Crippen LogP contribution in [0.15, 0.2) is 17.3 Å². The van der Waals surface area contributed by atoms with Gasteiger partial charge in [-0.1, -0.05) is 17.8 Å². The predicted molar refractivity (Wildman–Crippen MR) is 91.1 cm³/mol. The lowest BCUT2D eigenvalue weighted by atomic mass is 9.92. The number of nitrogens with zero attached hydrogens (tertiary/aromatic N) is 2. The van der Waals surface area contributed by atoms with Crippen LogP contribution < -0.4 is 11.5 Å². The van der Waals surface area contributed by atoms with E-state index >= 15 is 0 Å². The van der Waals surface area contributed by atoms with E-state index in [-0.39, 0.29) is 5.78 Å². The Bertz CT molecular complexity index is 723. The largest absolute Gasteiger partial charge is 0.383 e. The second kappa shape index (κ2) is 6.36. The highest BCUT2D eigenvalue weighted by molar-refractivity contribution is 7.98. The van der Waals surface area contributed by atoms with Crippen molar-refractivity contribution in [2.45, 2.75) is 38.6 Å². The first-order valence-corrected chi connectivity index (χ1v) is 7.91. The first-order valence-electron chi connectivity index (χ1n) is 6.93. The number of nitrogens with two attached hydrogens (primary N) is 2. The summed E-state index contributed by atoms with van der Waals surface area (Å²) in [6.07, 6.45) is 0. The molecule has 0 atom stereocenters. The molecule has 0 aliphatic heterocycles. The van der Waals surface area contributed by atoms with Crippen molar-refractivity contribution in [2.24, 2.45) is 0 Å². The van der Waals surface area contributed by atoms with E-state index in [9.17, 15) is 4.79 Å². The van der Waals surface area contributed by atoms with Crippen LogP contribution in [0, 0.1) is 20.8 Å². The minimum absolute atomic E-state index is 0.0886. The van der Waals surface area contributed by atoms with Crippen LogP contribution in [-0.4, -0.2) is 15.8 Å². The van der Waals surface area contributed by atoms with E-state index in [0.29, 0.717) is 22.5 Å². The molecule has 0 bridgehead atoms. The number of ketones is 1. The van der Waals surface area contributed by atoms with E-state index in [0.717, 1.165) is 27.8 Å². The minimum Gasteiger partial charge on any atom is -0.383 e. The van der Waals surface area contributed by atoms with E-state index in [1.165, 1.54) is 17.8 Å². The van der Waals surface area contributed by atoms with Gasteiger partial charge in [-0.25, -0.2) is 9.97 Å². The Morgan fingerprint density at radius 3 is 2.23 bits per heavy atom. The average molecular weight is 316 g/mol. The molecule has 4 N–H and O–H groups in total. The minimum atomic E-state index is 0.0886. The van der Waals surface area contributed by atoms with Crippen LogP contribution in [0.5, 0.6) is 0 Å². The molecule has 2 rings (SSSR count). The Labute approximate surface area is 134 Å². The quantitative estimate of drug-likeness (QED) is 0.511. The summed E-state index contributed by atoms with van der Waals surface area (Å²) in [4.78, 5) is 20.2. The summed E-state index contributed by atoms with van der Waals surface area (Å²) in [5.41, 5.74) is 16.5. The number of aryl methyl sites for hydroxylation is 2. The standard InChI is InChI=1S/C16H20N4OS/c1-8-5-9(2)15(11(4)21)10(3)12(8)7-22-16-19-13(17)6-14(18)20-16/h5-6H,7H2,1-4H3,(H4,17,18,19,20). The van der Waals surface area contributed by atoms with Crippen molar-refractivity contribution >= 4 is 29.2 Å². The monoisotopic (exact) mass is 316 g/mol. The number of hydrogen-bond acceptors (Lipinski definition) is 6. The number of benzene rings is 1. The van der Waals surface area contributed by atoms with Gasteiger partial charge < -0.3 is 11.5 Å². The van der Waals surface area contributed by atoms with Crippen molar-refractivity contribution in [3.8, 4) is 0 Å². The molecule has 116 valence electrons. The van der Waals surface area contributed by atoms with Crippen molar-refractivity contribution < 1.29 is 4.79 Å². The highest BCUT2D eigenvalue weighted by Crippen LogP contribution is 2.29. The molecule has 0 aliphatic rings. The molecule has 5 nitrogen and oxygen atoms in total. The van der Waals surface area contributed by atoms with E-state index < -0.39 is 0 Å². The van der Waals surface area contributed by atoms with Gasteiger partial charge in [0.1, 0.15) is 11.6 Å². The van der Waals surface area contributed by atoms with Gasteiger partial charge >= 0.3 is 0 Å². The normalized spacial score (nSPS) is 10.7. The van der Waals surface area contributed by atoms with Gasteiger partial charge in [0.05, 0.1) is 0 Å². The third-order valence-corrected chi connectivity index (χ3v) is 4.45. The molecule has 0 amide bonds. The second-order valence-electron chi connectivity index (χ2n) is 5.33. The smallest absolute Gasteiger partial charge is 0.191 e. The zero-order valence-corrected chi connectivity index (χ0v) is 14.0. The van der Waals surface area contributed by atoms with Crippen LogP contribution in [0.4, 0.5) is 11.6 Å². The van der Waals surface area contributed by atoms with Gasteiger partial charge in [0.2, 0.25) is 0 Å². The lowest BCUT2D eigenvalue weighted by Crippen LogP contribution is -2.05. The van der Waals surface area contributed by atoms with Gasteiger partial charge in [-0.3, -0.25) is 4.79 Å². The molecule has 0 spiro atoms. The Morgan fingerprint density at radius 1 is 1.09 bits per heavy atom. The van der Waals surface area contributed by atoms with E-state index in [4.69, 9.17) is 11.5 Å². The molecule has 0 aliphatic carbocycles. The Kier molecular flexibility index (Phi) is 4.71. The zero-order chi connectivity index (χ0) is 16.4. The molecule has 1 aromatic carbocycles. The SMILES string of the molecule is CC(=O)c1c(C)cc(C)c(CSc2nc(N)cc(N)n2)c1C. The highest BCUT2D eigenvalue weighted by atomic mass is 32.2. The van der Waals surface area contributed by atoms with E-state index in [1.54, 1.807) is 6.92 Å². The maximum absolute atomic E-state index is 11.8. The number of aromatic nitrogens is 2. The molecule has 22 heavy (non-hydrogen) atoms. The molecule has 0 unspecified atom stereocenters. The Balaban J connectivity index is 2.33. The van der Waals surface area contributed by atoms with Crippen LogP contribution >= 0.6 is 11.8 Å². The lowest BCUT2D eigenvalue weighted by Gasteiger charge is -2.15. The van der Waals surface area contributed by atoms with Gasteiger partial charge in [-0.15, -0.1) is 0 Å². The molecule has 0 saturated carbocycles. The molecular formula is C16H20N4OS. The summed E-state index contributed by atoms with van der Waals surface area (Å²) in [7, 11) is 0. The average Bonchev–Trinajstić information content (AvgIpc) is 2.35. The van der Waals surface area contributed by atoms with Crippen LogP contribution in [-0.2, 0) is 5.75 Å². The number of thioether (sulfide) groups is 1. The fourth-order valence-corrected chi connectivity index (χ4v) is 3.71. The topological polar surface area (TPSA) is 94.9 Å². The number of carbonyl (C=O) groups excluding carboxylic acids is 1. The van der Waals surface area contributed by atoms with Crippen LogP contribution in [0.1, 0.15) is 39.5 Å². The third kappa shape index (κ3) is 3.39. The lowest BCUT2D eigenvalue weighted by molar-refractivity contribution is 0.101. The maximum atomic E-state index is 11.8. The van der Waals surface area contributed by atoms with Gasteiger partial charge in [0, 0.05) is 17.4 Å². The highest BCUT2D eigenvalue weighted by Gasteiger charge is 2.15. The van der Waals surface area contributed by atoms with Crippen molar-refractivity contribution in [2.75, 3.05) is 11.5 Å². The molecule has 6 heteroatoms. The summed E-state index contributed by atoms with van der Waals surface area (Å²) in [5, 5.41) is 0.543. The van der Waals surface area contributed by atoms with Crippen molar-refractivity contribution in [3.63, 3.8) is 0 Å². The van der Waals surface area contributed by atoms with Gasteiger partial charge in [-0.2, -0.15) is 0 Å². The summed E-state index contributed by atoms with van der Waals surface area (Å²) in [6, 6.07) is 3.58. The third-order valence-electron chi connectivity index (χ3n) is 3.57. The summed E-state index contributed by atoms with van der Waals surface area (Å²) >= 11 is 1.46. The fraction of sp³-hybridized carbons (Fsp3) is 0.312. The number of hydrogen-bond donors (Lipinski definition) is 2. The number of carbonyl (C=O) groups is 1. The molecule has 1 aromatic heterocycles. The van der Waals surface area contributed by atoms with Crippen LogP contribution in [0.2, 0.25) is 0 Å². The Hall–Kier alpha value is -2.08. The first kappa shape index (κ1) is 16.3. The second-order valence-corrected chi connectivity index (χ2v) is 6.28. The van der Waals surface area contributed by atoms with Crippen molar-refractivity contribution in [3.05, 3.63) is 39.9 Å². The van der Waals surface area contributed by atoms with Gasteiger partial charge in [0.25, 0.3) is 0 Å². The molecule has 0 radical (unpaired) electrons. The van der Waals surface area contributed by atoms with E-state index in [1.807, 2.05) is 26.8 Å². The molecular weight excluding hydrogens is 296 g/mol. The Morgan fingerprint density at radius 2 is 1.68 bits per heavy atom. The van der Waals surface area contributed by atoms with Crippen LogP contribution in [0.25, 0.3) is 0 Å². The first-order chi connectivity index (χ1) is 10.3. The van der Waals surface area contributed by atoms with Gasteiger partial charge in [0.15, 0.2) is 10.9 Å². The van der Waals surface area contributed by atoms with Crippen LogP contribution in [0.3, 0.4) is 0 Å². The summed E-state index contributed by atoms with van der Waals surface area (Å²) < 4.78 is 0. The molecule has 0 fully saturated rings. The maximum Gasteiger partial charge on any atom is 0.191 e. The van der Waals surface area contributed by atoms with Gasteiger partial charge in [-0.05, 0) is 49.9 Å². The summed E-state index contributed by atoms with van der Waals surface area (Å²) in [5.74, 6) is 1.47. The summed E-state index contributed by atoms with van der Waals surface area (Å²) in [6.45, 7) is 7.61. The fourth-order valence-electron chi connectivity index (χ4n) is 2.65. The predicted octanol–water partition coefficient (Wildman–Crippen LogP) is 3.06. The molecule has 0 saturated heterocycles. The number of rotatable bonds is 4. The molecule has 1 heterocycles. The van der Waals surface area contributed by atoms with Crippen molar-refractivity contribution in [1.29, 1.82) is 0 Å². The number of nitrogen functional groups attached to an aromatic ring is 2. The molecule has 2 aromatic rings.